The van der Waals surface area contributed by atoms with Crippen LogP contribution in [-0.2, 0) is 0 Å². The SMILES string of the molecule is CCOc1ccc(NC(=O)N2CCN(c3ccnc(N4CCCCC4)n3)CC2)cc1. The first-order valence-corrected chi connectivity index (χ1v) is 10.8. The Bertz CT molecular complexity index is 830. The number of amides is 2. The molecule has 1 aromatic heterocycles. The van der Waals surface area contributed by atoms with Crippen LogP contribution in [0.3, 0.4) is 0 Å². The number of hydrogen-bond donors (Lipinski definition) is 1. The van der Waals surface area contributed by atoms with E-state index < -0.39 is 0 Å². The van der Waals surface area contributed by atoms with E-state index in [0.717, 1.165) is 49.4 Å². The lowest BCUT2D eigenvalue weighted by Crippen LogP contribution is -2.50. The zero-order valence-corrected chi connectivity index (χ0v) is 17.6. The van der Waals surface area contributed by atoms with Crippen LogP contribution in [-0.4, -0.2) is 66.8 Å². The minimum atomic E-state index is -0.0736. The van der Waals surface area contributed by atoms with Gasteiger partial charge in [-0.05, 0) is 56.5 Å². The third-order valence-corrected chi connectivity index (χ3v) is 5.57. The van der Waals surface area contributed by atoms with Gasteiger partial charge in [-0.15, -0.1) is 0 Å². The number of nitrogens with zero attached hydrogens (tertiary/aromatic N) is 5. The second-order valence-corrected chi connectivity index (χ2v) is 7.62. The lowest BCUT2D eigenvalue weighted by atomic mass is 10.1. The van der Waals surface area contributed by atoms with Crippen LogP contribution in [0.2, 0.25) is 0 Å². The van der Waals surface area contributed by atoms with Crippen LogP contribution < -0.4 is 19.9 Å². The Balaban J connectivity index is 1.30. The van der Waals surface area contributed by atoms with E-state index in [0.29, 0.717) is 19.7 Å². The van der Waals surface area contributed by atoms with Gasteiger partial charge in [-0.2, -0.15) is 4.98 Å². The highest BCUT2D eigenvalue weighted by molar-refractivity contribution is 5.89. The maximum Gasteiger partial charge on any atom is 0.321 e. The number of ether oxygens (including phenoxy) is 1. The second-order valence-electron chi connectivity index (χ2n) is 7.62. The molecular formula is C22H30N6O2. The van der Waals surface area contributed by atoms with Gasteiger partial charge in [0.1, 0.15) is 11.6 Å². The molecule has 3 heterocycles. The fraction of sp³-hybridized carbons (Fsp3) is 0.500. The first-order chi connectivity index (χ1) is 14.7. The summed E-state index contributed by atoms with van der Waals surface area (Å²) >= 11 is 0. The van der Waals surface area contributed by atoms with Gasteiger partial charge in [0.25, 0.3) is 0 Å². The molecule has 160 valence electrons. The summed E-state index contributed by atoms with van der Waals surface area (Å²) in [5.41, 5.74) is 0.771. The van der Waals surface area contributed by atoms with Crippen LogP contribution >= 0.6 is 0 Å². The molecule has 30 heavy (non-hydrogen) atoms. The minimum Gasteiger partial charge on any atom is -0.494 e. The highest BCUT2D eigenvalue weighted by Crippen LogP contribution is 2.20. The fourth-order valence-corrected chi connectivity index (χ4v) is 3.90. The van der Waals surface area contributed by atoms with Gasteiger partial charge in [0.15, 0.2) is 0 Å². The molecule has 2 aromatic rings. The molecule has 2 aliphatic rings. The number of nitrogens with one attached hydrogen (secondary N) is 1. The van der Waals surface area contributed by atoms with E-state index in [9.17, 15) is 4.79 Å². The number of benzene rings is 1. The number of carbonyl (C=O) groups excluding carboxylic acids is 1. The zero-order chi connectivity index (χ0) is 20.8. The van der Waals surface area contributed by atoms with E-state index in [1.54, 1.807) is 0 Å². The minimum absolute atomic E-state index is 0.0736. The molecule has 1 aromatic carbocycles. The standard InChI is InChI=1S/C22H30N6O2/c1-2-30-19-8-6-18(7-9-19)24-22(29)28-16-14-26(15-17-28)20-10-11-23-21(25-20)27-12-4-3-5-13-27/h6-11H,2-5,12-17H2,1H3,(H,24,29). The predicted molar refractivity (Wildman–Crippen MR) is 119 cm³/mol. The lowest BCUT2D eigenvalue weighted by Gasteiger charge is -2.35. The van der Waals surface area contributed by atoms with Crippen molar-refractivity contribution >= 4 is 23.5 Å². The van der Waals surface area contributed by atoms with Crippen molar-refractivity contribution in [1.82, 2.24) is 14.9 Å². The van der Waals surface area contributed by atoms with Crippen LogP contribution in [0.25, 0.3) is 0 Å². The first kappa shape index (κ1) is 20.3. The number of urea groups is 1. The summed E-state index contributed by atoms with van der Waals surface area (Å²) in [6.45, 7) is 7.47. The zero-order valence-electron chi connectivity index (χ0n) is 17.6. The topological polar surface area (TPSA) is 73.8 Å². The summed E-state index contributed by atoms with van der Waals surface area (Å²) in [5, 5.41) is 2.97. The Hall–Kier alpha value is -3.03. The number of aromatic nitrogens is 2. The molecule has 2 saturated heterocycles. The number of hydrogen-bond acceptors (Lipinski definition) is 6. The molecule has 0 spiro atoms. The van der Waals surface area contributed by atoms with Crippen molar-refractivity contribution in [3.05, 3.63) is 36.5 Å². The Morgan fingerprint density at radius 3 is 2.40 bits per heavy atom. The van der Waals surface area contributed by atoms with Gasteiger partial charge in [-0.1, -0.05) is 0 Å². The summed E-state index contributed by atoms with van der Waals surface area (Å²) in [7, 11) is 0. The third kappa shape index (κ3) is 4.93. The quantitative estimate of drug-likeness (QED) is 0.816. The van der Waals surface area contributed by atoms with E-state index >= 15 is 0 Å². The van der Waals surface area contributed by atoms with Crippen LogP contribution in [0, 0.1) is 0 Å². The molecule has 2 amide bonds. The van der Waals surface area contributed by atoms with Crippen LogP contribution in [0.1, 0.15) is 26.2 Å². The van der Waals surface area contributed by atoms with Gasteiger partial charge in [0, 0.05) is 51.2 Å². The average molecular weight is 411 g/mol. The largest absolute Gasteiger partial charge is 0.494 e. The first-order valence-electron chi connectivity index (χ1n) is 10.8. The van der Waals surface area contributed by atoms with Gasteiger partial charge in [-0.25, -0.2) is 9.78 Å². The summed E-state index contributed by atoms with van der Waals surface area (Å²) in [5.74, 6) is 2.57. The molecule has 0 atom stereocenters. The molecule has 0 saturated carbocycles. The normalized spacial score (nSPS) is 17.0. The molecule has 0 aliphatic carbocycles. The number of anilines is 3. The summed E-state index contributed by atoms with van der Waals surface area (Å²) < 4.78 is 5.44. The summed E-state index contributed by atoms with van der Waals surface area (Å²) in [6, 6.07) is 9.35. The average Bonchev–Trinajstić information content (AvgIpc) is 2.81. The number of rotatable bonds is 5. The van der Waals surface area contributed by atoms with Crippen molar-refractivity contribution in [2.45, 2.75) is 26.2 Å². The number of piperazine rings is 1. The molecule has 8 heteroatoms. The molecule has 8 nitrogen and oxygen atoms in total. The number of carbonyl (C=O) groups is 1. The lowest BCUT2D eigenvalue weighted by molar-refractivity contribution is 0.208. The van der Waals surface area contributed by atoms with Crippen molar-refractivity contribution in [2.75, 3.05) is 61.0 Å². The Kier molecular flexibility index (Phi) is 6.51. The van der Waals surface area contributed by atoms with Gasteiger partial charge >= 0.3 is 6.03 Å². The Morgan fingerprint density at radius 1 is 0.967 bits per heavy atom. The van der Waals surface area contributed by atoms with Crippen molar-refractivity contribution in [3.63, 3.8) is 0 Å². The van der Waals surface area contributed by atoms with E-state index in [-0.39, 0.29) is 6.03 Å². The monoisotopic (exact) mass is 410 g/mol. The molecule has 0 unspecified atom stereocenters. The third-order valence-electron chi connectivity index (χ3n) is 5.57. The fourth-order valence-electron chi connectivity index (χ4n) is 3.90. The van der Waals surface area contributed by atoms with Crippen LogP contribution in [0.4, 0.5) is 22.2 Å². The van der Waals surface area contributed by atoms with Crippen molar-refractivity contribution < 1.29 is 9.53 Å². The van der Waals surface area contributed by atoms with Gasteiger partial charge in [-0.3, -0.25) is 0 Å². The summed E-state index contributed by atoms with van der Waals surface area (Å²) in [6.07, 6.45) is 5.54. The number of piperidine rings is 1. The smallest absolute Gasteiger partial charge is 0.321 e. The van der Waals surface area contributed by atoms with E-state index in [4.69, 9.17) is 9.72 Å². The summed E-state index contributed by atoms with van der Waals surface area (Å²) in [4.78, 5) is 28.2. The van der Waals surface area contributed by atoms with Crippen LogP contribution in [0.15, 0.2) is 36.5 Å². The molecule has 4 rings (SSSR count). The van der Waals surface area contributed by atoms with Gasteiger partial charge in [0.05, 0.1) is 6.61 Å². The molecule has 0 radical (unpaired) electrons. The maximum absolute atomic E-state index is 12.6. The molecule has 2 fully saturated rings. The molecule has 0 bridgehead atoms. The van der Waals surface area contributed by atoms with Gasteiger partial charge < -0.3 is 24.8 Å². The van der Waals surface area contributed by atoms with E-state index in [1.165, 1.54) is 19.3 Å². The molecule has 1 N–H and O–H groups in total. The van der Waals surface area contributed by atoms with E-state index in [1.807, 2.05) is 48.4 Å². The molecule has 2 aliphatic heterocycles. The predicted octanol–water partition coefficient (Wildman–Crippen LogP) is 3.22. The highest BCUT2D eigenvalue weighted by atomic mass is 16.5. The Morgan fingerprint density at radius 2 is 1.70 bits per heavy atom. The van der Waals surface area contributed by atoms with Crippen LogP contribution in [0.5, 0.6) is 5.75 Å². The molecular weight excluding hydrogens is 380 g/mol. The maximum atomic E-state index is 12.6. The van der Waals surface area contributed by atoms with Gasteiger partial charge in [0.2, 0.25) is 5.95 Å². The van der Waals surface area contributed by atoms with Crippen molar-refractivity contribution in [2.24, 2.45) is 0 Å². The Labute approximate surface area is 177 Å². The van der Waals surface area contributed by atoms with Crippen molar-refractivity contribution in [3.8, 4) is 5.75 Å². The highest BCUT2D eigenvalue weighted by Gasteiger charge is 2.23. The van der Waals surface area contributed by atoms with Crippen molar-refractivity contribution in [1.29, 1.82) is 0 Å². The second kappa shape index (κ2) is 9.65. The van der Waals surface area contributed by atoms with E-state index in [2.05, 4.69) is 20.1 Å².